The van der Waals surface area contributed by atoms with Gasteiger partial charge in [0, 0.05) is 13.1 Å². The van der Waals surface area contributed by atoms with E-state index >= 15 is 0 Å². The molecule has 7 heteroatoms. The smallest absolute Gasteiger partial charge is 0.243 e. The average molecular weight is 297 g/mol. The van der Waals surface area contributed by atoms with E-state index in [9.17, 15) is 12.8 Å². The first-order chi connectivity index (χ1) is 8.08. The molecule has 104 valence electrons. The SMILES string of the molecule is CCCNCCNS(=O)(=O)c1ccccc1F.Cl. The van der Waals surface area contributed by atoms with Gasteiger partial charge in [-0.25, -0.2) is 17.5 Å². The first kappa shape index (κ1) is 17.3. The summed E-state index contributed by atoms with van der Waals surface area (Å²) < 4.78 is 39.0. The summed E-state index contributed by atoms with van der Waals surface area (Å²) in [6, 6.07) is 5.32. The summed E-state index contributed by atoms with van der Waals surface area (Å²) in [4.78, 5) is -0.310. The third-order valence-corrected chi connectivity index (χ3v) is 3.64. The van der Waals surface area contributed by atoms with Crippen LogP contribution in [0.3, 0.4) is 0 Å². The molecular formula is C11H18ClFN2O2S. The van der Waals surface area contributed by atoms with E-state index in [-0.39, 0.29) is 23.8 Å². The van der Waals surface area contributed by atoms with Gasteiger partial charge in [0.05, 0.1) is 0 Å². The Labute approximate surface area is 113 Å². The lowest BCUT2D eigenvalue weighted by Gasteiger charge is -2.07. The number of halogens is 2. The second kappa shape index (κ2) is 8.42. The van der Waals surface area contributed by atoms with E-state index in [1.165, 1.54) is 18.2 Å². The van der Waals surface area contributed by atoms with E-state index in [1.54, 1.807) is 0 Å². The summed E-state index contributed by atoms with van der Waals surface area (Å²) in [6.45, 7) is 3.64. The first-order valence-electron chi connectivity index (χ1n) is 5.53. The molecule has 0 aliphatic heterocycles. The van der Waals surface area contributed by atoms with Gasteiger partial charge in [-0.05, 0) is 25.1 Å². The van der Waals surface area contributed by atoms with Gasteiger partial charge in [-0.3, -0.25) is 0 Å². The minimum Gasteiger partial charge on any atom is -0.315 e. The lowest BCUT2D eigenvalue weighted by atomic mass is 10.4. The fourth-order valence-corrected chi connectivity index (χ4v) is 2.42. The predicted octanol–water partition coefficient (Wildman–Crippen LogP) is 1.53. The van der Waals surface area contributed by atoms with Crippen LogP contribution in [0.15, 0.2) is 29.2 Å². The van der Waals surface area contributed by atoms with Crippen LogP contribution in [0, 0.1) is 5.82 Å². The van der Waals surface area contributed by atoms with Gasteiger partial charge >= 0.3 is 0 Å². The second-order valence-electron chi connectivity index (χ2n) is 3.58. The third kappa shape index (κ3) is 5.30. The second-order valence-corrected chi connectivity index (χ2v) is 5.31. The average Bonchev–Trinajstić information content (AvgIpc) is 2.29. The van der Waals surface area contributed by atoms with Crippen molar-refractivity contribution in [2.75, 3.05) is 19.6 Å². The van der Waals surface area contributed by atoms with Crippen LogP contribution in [0.4, 0.5) is 4.39 Å². The molecule has 18 heavy (non-hydrogen) atoms. The van der Waals surface area contributed by atoms with E-state index in [4.69, 9.17) is 0 Å². The highest BCUT2D eigenvalue weighted by Gasteiger charge is 2.17. The van der Waals surface area contributed by atoms with Crippen LogP contribution in [-0.2, 0) is 10.0 Å². The molecule has 1 rings (SSSR count). The lowest BCUT2D eigenvalue weighted by molar-refractivity contribution is 0.554. The molecule has 0 aliphatic rings. The molecule has 0 saturated heterocycles. The van der Waals surface area contributed by atoms with E-state index in [2.05, 4.69) is 10.0 Å². The normalized spacial score (nSPS) is 11.0. The van der Waals surface area contributed by atoms with Crippen LogP contribution in [-0.4, -0.2) is 28.1 Å². The summed E-state index contributed by atoms with van der Waals surface area (Å²) in [5.41, 5.74) is 0. The number of nitrogens with one attached hydrogen (secondary N) is 2. The number of rotatable bonds is 7. The highest BCUT2D eigenvalue weighted by Crippen LogP contribution is 2.12. The molecule has 4 nitrogen and oxygen atoms in total. The largest absolute Gasteiger partial charge is 0.315 e. The van der Waals surface area contributed by atoms with Crippen molar-refractivity contribution in [2.45, 2.75) is 18.2 Å². The summed E-state index contributed by atoms with van der Waals surface area (Å²) in [6.07, 6.45) is 0.986. The Hall–Kier alpha value is -0.690. The van der Waals surface area contributed by atoms with Gasteiger partial charge in [0.15, 0.2) is 0 Å². The molecule has 0 saturated carbocycles. The molecule has 0 amide bonds. The predicted molar refractivity (Wildman–Crippen MR) is 72.0 cm³/mol. The van der Waals surface area contributed by atoms with Crippen LogP contribution in [0.5, 0.6) is 0 Å². The highest BCUT2D eigenvalue weighted by atomic mass is 35.5. The van der Waals surface area contributed by atoms with Crippen molar-refractivity contribution in [1.82, 2.24) is 10.0 Å². The number of hydrogen-bond donors (Lipinski definition) is 2. The van der Waals surface area contributed by atoms with Gasteiger partial charge in [0.2, 0.25) is 10.0 Å². The molecule has 0 fully saturated rings. The van der Waals surface area contributed by atoms with E-state index in [0.717, 1.165) is 19.0 Å². The summed E-state index contributed by atoms with van der Waals surface area (Å²) in [5.74, 6) is -0.735. The van der Waals surface area contributed by atoms with E-state index in [0.29, 0.717) is 6.54 Å². The number of sulfonamides is 1. The van der Waals surface area contributed by atoms with Gasteiger partial charge in [-0.15, -0.1) is 12.4 Å². The standard InChI is InChI=1S/C11H17FN2O2S.ClH/c1-2-7-13-8-9-14-17(15,16)11-6-4-3-5-10(11)12;/h3-6,13-14H,2,7-9H2,1H3;1H. The molecule has 0 atom stereocenters. The monoisotopic (exact) mass is 296 g/mol. The topological polar surface area (TPSA) is 58.2 Å². The summed E-state index contributed by atoms with van der Waals surface area (Å²) in [5, 5.41) is 3.05. The third-order valence-electron chi connectivity index (χ3n) is 2.15. The van der Waals surface area contributed by atoms with Crippen molar-refractivity contribution in [3.63, 3.8) is 0 Å². The molecule has 0 aliphatic carbocycles. The van der Waals surface area contributed by atoms with E-state index < -0.39 is 15.8 Å². The van der Waals surface area contributed by atoms with Crippen LogP contribution >= 0.6 is 12.4 Å². The molecule has 0 bridgehead atoms. The van der Waals surface area contributed by atoms with Crippen molar-refractivity contribution in [2.24, 2.45) is 0 Å². The zero-order valence-electron chi connectivity index (χ0n) is 10.1. The molecule has 2 N–H and O–H groups in total. The van der Waals surface area contributed by atoms with Crippen LogP contribution in [0.2, 0.25) is 0 Å². The lowest BCUT2D eigenvalue weighted by Crippen LogP contribution is -2.32. The zero-order chi connectivity index (χ0) is 12.7. The molecule has 0 unspecified atom stereocenters. The van der Waals surface area contributed by atoms with Gasteiger partial charge in [0.1, 0.15) is 10.7 Å². The maximum Gasteiger partial charge on any atom is 0.243 e. The van der Waals surface area contributed by atoms with Gasteiger partial charge in [-0.2, -0.15) is 0 Å². The highest BCUT2D eigenvalue weighted by molar-refractivity contribution is 7.89. The van der Waals surface area contributed by atoms with E-state index in [1.807, 2.05) is 6.92 Å². The minimum absolute atomic E-state index is 0. The van der Waals surface area contributed by atoms with Crippen LogP contribution in [0.1, 0.15) is 13.3 Å². The zero-order valence-corrected chi connectivity index (χ0v) is 11.8. The minimum atomic E-state index is -3.74. The molecule has 0 radical (unpaired) electrons. The van der Waals surface area contributed by atoms with Crippen LogP contribution < -0.4 is 10.0 Å². The Morgan fingerprint density at radius 2 is 1.83 bits per heavy atom. The van der Waals surface area contributed by atoms with Gasteiger partial charge < -0.3 is 5.32 Å². The Kier molecular flexibility index (Phi) is 8.10. The fourth-order valence-electron chi connectivity index (χ4n) is 1.32. The van der Waals surface area contributed by atoms with Crippen molar-refractivity contribution in [1.29, 1.82) is 0 Å². The Morgan fingerprint density at radius 1 is 1.17 bits per heavy atom. The Balaban J connectivity index is 0.00000289. The van der Waals surface area contributed by atoms with Crippen molar-refractivity contribution in [3.8, 4) is 0 Å². The molecular weight excluding hydrogens is 279 g/mol. The number of hydrogen-bond acceptors (Lipinski definition) is 3. The van der Waals surface area contributed by atoms with Crippen molar-refractivity contribution >= 4 is 22.4 Å². The van der Waals surface area contributed by atoms with Gasteiger partial charge in [0.25, 0.3) is 0 Å². The fraction of sp³-hybridized carbons (Fsp3) is 0.455. The summed E-state index contributed by atoms with van der Waals surface area (Å²) >= 11 is 0. The van der Waals surface area contributed by atoms with Crippen molar-refractivity contribution in [3.05, 3.63) is 30.1 Å². The van der Waals surface area contributed by atoms with Gasteiger partial charge in [-0.1, -0.05) is 19.1 Å². The molecule has 1 aromatic carbocycles. The quantitative estimate of drug-likeness (QED) is 0.750. The Bertz CT molecular complexity index is 454. The molecule has 0 aromatic heterocycles. The first-order valence-corrected chi connectivity index (χ1v) is 7.01. The molecule has 0 spiro atoms. The molecule has 0 heterocycles. The van der Waals surface area contributed by atoms with Crippen LogP contribution in [0.25, 0.3) is 0 Å². The summed E-state index contributed by atoms with van der Waals surface area (Å²) in [7, 11) is -3.74. The van der Waals surface area contributed by atoms with Crippen molar-refractivity contribution < 1.29 is 12.8 Å². The maximum atomic E-state index is 13.3. The maximum absolute atomic E-state index is 13.3. The number of benzene rings is 1. The Morgan fingerprint density at radius 3 is 2.44 bits per heavy atom. The molecule has 1 aromatic rings.